The van der Waals surface area contributed by atoms with E-state index in [4.69, 9.17) is 19.7 Å². The number of aliphatic hydroxyl groups is 1. The number of carbonyl (C=O) groups is 2. The maximum atomic E-state index is 14.4. The molecule has 1 aliphatic carbocycles. The summed E-state index contributed by atoms with van der Waals surface area (Å²) in [5.74, 6) is 0.995. The summed E-state index contributed by atoms with van der Waals surface area (Å²) in [7, 11) is 0. The van der Waals surface area contributed by atoms with E-state index >= 15 is 0 Å². The molecule has 0 bridgehead atoms. The Balaban J connectivity index is 0.565. The smallest absolute Gasteiger partial charge is 0.247 e. The number of ether oxygens (including phenoxy) is 2. The number of likely N-dealkylation sites (tertiary alicyclic amines) is 2. The molecule has 4 atom stereocenters. The average Bonchev–Trinajstić information content (AvgIpc) is 4.31. The molecule has 3 aromatic heterocycles. The SMILES string of the molecule is C=C(NC(=O)[C@@H]1C[C@@H](O)CN1C(=O)[C@@H](c1cc(N2CCC(CN3CCC4(CC3)CC(N3CCO[C@@H](CN5CCOC6(CCN(c7cc(-c8ccccc8O)nnc7N)CC6)C5)C3)C4)CC2)no1)C(C)C)c1ccc(-c2scnc2C)cc1. The summed E-state index contributed by atoms with van der Waals surface area (Å²) >= 11 is 1.58. The Morgan fingerprint density at radius 1 is 0.890 bits per heavy atom. The molecule has 7 aliphatic rings. The Labute approximate surface area is 485 Å². The lowest BCUT2D eigenvalue weighted by Crippen LogP contribution is -2.61. The largest absolute Gasteiger partial charge is 0.507 e. The van der Waals surface area contributed by atoms with Crippen LogP contribution in [-0.4, -0.2) is 190 Å². The third-order valence-electron chi connectivity index (χ3n) is 19.3. The number of nitrogens with two attached hydrogens (primary N) is 1. The highest BCUT2D eigenvalue weighted by Gasteiger charge is 2.49. The second kappa shape index (κ2) is 23.9. The van der Waals surface area contributed by atoms with Crippen LogP contribution in [0.25, 0.3) is 27.4 Å². The third-order valence-corrected chi connectivity index (χ3v) is 20.3. The number of para-hydroxylation sites is 1. The van der Waals surface area contributed by atoms with Gasteiger partial charge in [0.15, 0.2) is 17.4 Å². The number of phenols is 1. The zero-order chi connectivity index (χ0) is 56.7. The summed E-state index contributed by atoms with van der Waals surface area (Å²) in [5.41, 5.74) is 13.8. The first kappa shape index (κ1) is 56.5. The van der Waals surface area contributed by atoms with Crippen molar-refractivity contribution in [2.45, 2.75) is 114 Å². The minimum Gasteiger partial charge on any atom is -0.507 e. The van der Waals surface area contributed by atoms with Crippen molar-refractivity contribution in [2.24, 2.45) is 17.3 Å². The number of hydrogen-bond acceptors (Lipinski definition) is 18. The van der Waals surface area contributed by atoms with Crippen LogP contribution in [0.5, 0.6) is 5.75 Å². The van der Waals surface area contributed by atoms with E-state index in [1.165, 1.54) is 43.7 Å². The number of β-amino-alcohol motifs (C(OH)–C–C–N with tert-alkyl or cyclic N) is 1. The molecule has 20 heteroatoms. The van der Waals surface area contributed by atoms with E-state index in [0.717, 1.165) is 138 Å². The van der Waals surface area contributed by atoms with Crippen LogP contribution in [0.2, 0.25) is 0 Å². The predicted octanol–water partition coefficient (Wildman–Crippen LogP) is 6.87. The summed E-state index contributed by atoms with van der Waals surface area (Å²) in [6, 6.07) is 18.7. The Kier molecular flexibility index (Phi) is 16.5. The molecule has 6 saturated heterocycles. The Hall–Kier alpha value is -6.00. The highest BCUT2D eigenvalue weighted by atomic mass is 32.1. The van der Waals surface area contributed by atoms with E-state index in [1.807, 2.05) is 74.8 Å². The van der Waals surface area contributed by atoms with Crippen LogP contribution >= 0.6 is 11.3 Å². The zero-order valence-electron chi connectivity index (χ0n) is 48.0. The quantitative estimate of drug-likeness (QED) is 0.0841. The van der Waals surface area contributed by atoms with Gasteiger partial charge in [-0.15, -0.1) is 21.5 Å². The van der Waals surface area contributed by atoms with E-state index < -0.39 is 18.1 Å². The predicted molar refractivity (Wildman–Crippen MR) is 317 cm³/mol. The number of hydrogen-bond donors (Lipinski definition) is 4. The third kappa shape index (κ3) is 12.0. The molecule has 5 aromatic rings. The van der Waals surface area contributed by atoms with Gasteiger partial charge in [-0.05, 0) is 118 Å². The number of morpholine rings is 2. The highest BCUT2D eigenvalue weighted by Crippen LogP contribution is 2.51. The lowest BCUT2D eigenvalue weighted by Gasteiger charge is -2.56. The number of aliphatic hydroxyl groups excluding tert-OH is 1. The Bertz CT molecular complexity index is 3050. The molecule has 19 nitrogen and oxygen atoms in total. The normalized spacial score (nSPS) is 24.3. The molecule has 2 amide bonds. The lowest BCUT2D eigenvalue weighted by atomic mass is 9.60. The standard InChI is InChI=1S/C62H82N12O7S/c1-40(2)56(60(78)74-35-47(75)29-52(74)59(77)65-41(3)44-9-11-45(12-10-44)57-42(4)64-39-82-57)54-31-55(68-81-54)72-19-13-43(14-20-72)34-69-21-15-61(16-22-69)32-46(33-61)73-26-27-79-48(37-73)36-70-25-28-80-62(38-70)17-23-71(24-18-62)51-30-50(66-67-58(51)63)49-7-5-6-8-53(49)76/h5-12,30-31,39-40,43,46-48,52,56,75-76H,3,13-29,32-38H2,1-2,4H3,(H2,63,67)(H,65,77)/t47-,48+,52+,56-/m1/s1. The number of carbonyl (C=O) groups excluding carboxylic acids is 2. The molecule has 9 heterocycles. The number of benzene rings is 2. The fourth-order valence-corrected chi connectivity index (χ4v) is 15.3. The molecule has 0 unspecified atom stereocenters. The molecular formula is C62H82N12O7S. The number of nitrogen functional groups attached to an aromatic ring is 1. The van der Waals surface area contributed by atoms with Crippen molar-refractivity contribution >= 4 is 46.2 Å². The fraction of sp³-hybridized carbons (Fsp3) is 0.581. The molecule has 6 aliphatic heterocycles. The van der Waals surface area contributed by atoms with Crippen molar-refractivity contribution < 1.29 is 33.8 Å². The average molecular weight is 1140 g/mol. The van der Waals surface area contributed by atoms with Crippen LogP contribution in [0.15, 0.2) is 77.3 Å². The van der Waals surface area contributed by atoms with E-state index in [-0.39, 0.29) is 48.2 Å². The molecular weight excluding hydrogens is 1060 g/mol. The number of aromatic hydroxyl groups is 1. The first-order chi connectivity index (χ1) is 39.7. The summed E-state index contributed by atoms with van der Waals surface area (Å²) in [4.78, 5) is 47.8. The van der Waals surface area contributed by atoms with E-state index in [1.54, 1.807) is 23.5 Å². The Morgan fingerprint density at radius 2 is 1.66 bits per heavy atom. The van der Waals surface area contributed by atoms with Crippen molar-refractivity contribution in [1.29, 1.82) is 0 Å². The van der Waals surface area contributed by atoms with Gasteiger partial charge in [-0.2, -0.15) is 0 Å². The van der Waals surface area contributed by atoms with Gasteiger partial charge in [-0.25, -0.2) is 4.98 Å². The van der Waals surface area contributed by atoms with Gasteiger partial charge in [-0.1, -0.05) is 62.0 Å². The van der Waals surface area contributed by atoms with Gasteiger partial charge in [0.2, 0.25) is 11.8 Å². The van der Waals surface area contributed by atoms with Crippen LogP contribution in [-0.2, 0) is 19.1 Å². The summed E-state index contributed by atoms with van der Waals surface area (Å²) in [6.45, 7) is 23.3. The van der Waals surface area contributed by atoms with Crippen LogP contribution in [0.3, 0.4) is 0 Å². The van der Waals surface area contributed by atoms with Gasteiger partial charge in [0, 0.05) is 102 Å². The second-order valence-electron chi connectivity index (χ2n) is 25.1. The molecule has 2 spiro atoms. The van der Waals surface area contributed by atoms with Crippen LogP contribution < -0.4 is 20.9 Å². The highest BCUT2D eigenvalue weighted by molar-refractivity contribution is 7.13. The van der Waals surface area contributed by atoms with Crippen LogP contribution in [0.1, 0.15) is 94.6 Å². The minimum atomic E-state index is -0.853. The summed E-state index contributed by atoms with van der Waals surface area (Å²) in [5, 5.41) is 37.2. The van der Waals surface area contributed by atoms with Gasteiger partial charge in [-0.3, -0.25) is 19.4 Å². The van der Waals surface area contributed by atoms with Crippen molar-refractivity contribution in [1.82, 2.24) is 45.3 Å². The number of amides is 2. The number of aromatic nitrogens is 4. The second-order valence-corrected chi connectivity index (χ2v) is 25.9. The van der Waals surface area contributed by atoms with Crippen LogP contribution in [0.4, 0.5) is 17.3 Å². The zero-order valence-corrected chi connectivity index (χ0v) is 48.8. The number of rotatable bonds is 15. The number of nitrogens with zero attached hydrogens (tertiary/aromatic N) is 10. The molecule has 438 valence electrons. The van der Waals surface area contributed by atoms with Gasteiger partial charge in [0.25, 0.3) is 0 Å². The monoisotopic (exact) mass is 1140 g/mol. The van der Waals surface area contributed by atoms with Gasteiger partial charge in [0.1, 0.15) is 17.7 Å². The van der Waals surface area contributed by atoms with E-state index in [2.05, 4.69) is 56.7 Å². The fourth-order valence-electron chi connectivity index (χ4n) is 14.5. The van der Waals surface area contributed by atoms with Crippen molar-refractivity contribution in [2.75, 3.05) is 114 Å². The van der Waals surface area contributed by atoms with Gasteiger partial charge >= 0.3 is 0 Å². The number of nitrogens with one attached hydrogen (secondary N) is 1. The molecule has 5 N–H and O–H groups in total. The first-order valence-electron chi connectivity index (χ1n) is 30.0. The van der Waals surface area contributed by atoms with E-state index in [9.17, 15) is 19.8 Å². The molecule has 1 saturated carbocycles. The number of aryl methyl sites for hydroxylation is 1. The summed E-state index contributed by atoms with van der Waals surface area (Å²) in [6.07, 6.45) is 8.63. The molecule has 82 heavy (non-hydrogen) atoms. The molecule has 12 rings (SSSR count). The maximum absolute atomic E-state index is 14.4. The maximum Gasteiger partial charge on any atom is 0.247 e. The van der Waals surface area contributed by atoms with Gasteiger partial charge in [0.05, 0.1) is 58.5 Å². The molecule has 0 radical (unpaired) electrons. The number of piperidine rings is 3. The molecule has 2 aromatic carbocycles. The van der Waals surface area contributed by atoms with Crippen molar-refractivity contribution in [3.05, 3.63) is 89.8 Å². The van der Waals surface area contributed by atoms with Crippen LogP contribution in [0, 0.1) is 24.2 Å². The topological polar surface area (TPSA) is 215 Å². The van der Waals surface area contributed by atoms with Gasteiger partial charge < -0.3 is 54.9 Å². The lowest BCUT2D eigenvalue weighted by molar-refractivity contribution is -0.140. The Morgan fingerprint density at radius 3 is 2.39 bits per heavy atom. The number of anilines is 3. The van der Waals surface area contributed by atoms with Crippen molar-refractivity contribution in [3.63, 3.8) is 0 Å². The minimum absolute atomic E-state index is 0.0639. The molecule has 7 fully saturated rings. The number of phenolic OH excluding ortho intramolecular Hbond substituents is 1. The first-order valence-corrected chi connectivity index (χ1v) is 30.9. The summed E-state index contributed by atoms with van der Waals surface area (Å²) < 4.78 is 19.0. The van der Waals surface area contributed by atoms with E-state index in [0.29, 0.717) is 45.9 Å². The number of thiazole rings is 1. The van der Waals surface area contributed by atoms with Crippen molar-refractivity contribution in [3.8, 4) is 27.4 Å².